The van der Waals surface area contributed by atoms with Gasteiger partial charge in [0.05, 0.1) is 5.69 Å². The van der Waals surface area contributed by atoms with Crippen molar-refractivity contribution in [2.75, 3.05) is 12.3 Å². The van der Waals surface area contributed by atoms with E-state index in [9.17, 15) is 0 Å². The van der Waals surface area contributed by atoms with Gasteiger partial charge >= 0.3 is 0 Å². The van der Waals surface area contributed by atoms with Crippen molar-refractivity contribution in [2.45, 2.75) is 39.5 Å². The molecule has 0 aromatic carbocycles. The van der Waals surface area contributed by atoms with Gasteiger partial charge in [0.15, 0.2) is 0 Å². The van der Waals surface area contributed by atoms with Crippen LogP contribution in [-0.2, 0) is 12.3 Å². The lowest BCUT2D eigenvalue weighted by Gasteiger charge is -1.99. The van der Waals surface area contributed by atoms with E-state index in [4.69, 9.17) is 0 Å². The van der Waals surface area contributed by atoms with E-state index in [0.29, 0.717) is 0 Å². The van der Waals surface area contributed by atoms with Gasteiger partial charge in [0, 0.05) is 17.2 Å². The summed E-state index contributed by atoms with van der Waals surface area (Å²) in [6.07, 6.45) is 1.19. The Kier molecular flexibility index (Phi) is 6.29. The molecule has 0 aliphatic heterocycles. The zero-order chi connectivity index (χ0) is 11.1. The maximum absolute atomic E-state index is 4.58. The molecule has 1 aromatic heterocycles. The van der Waals surface area contributed by atoms with Crippen LogP contribution in [0.2, 0.25) is 0 Å². The lowest BCUT2D eigenvalue weighted by atomic mass is 10.4. The average Bonchev–Trinajstić information content (AvgIpc) is 2.57. The Morgan fingerprint density at radius 3 is 2.87 bits per heavy atom. The first kappa shape index (κ1) is 13.0. The quantitative estimate of drug-likeness (QED) is 0.746. The van der Waals surface area contributed by atoms with Crippen LogP contribution in [0.15, 0.2) is 0 Å². The molecule has 0 bridgehead atoms. The van der Waals surface area contributed by atoms with Gasteiger partial charge in [0.25, 0.3) is 0 Å². The third kappa shape index (κ3) is 4.53. The molecule has 86 valence electrons. The minimum atomic E-state index is 0.980. The normalized spacial score (nSPS) is 10.9. The predicted molar refractivity (Wildman–Crippen MR) is 70.7 cm³/mol. The zero-order valence-electron chi connectivity index (χ0n) is 9.80. The molecule has 1 rings (SSSR count). The first-order chi connectivity index (χ1) is 7.27. The fourth-order valence-electron chi connectivity index (χ4n) is 1.28. The predicted octanol–water partition coefficient (Wildman–Crippen LogP) is 3.20. The molecule has 0 radical (unpaired) electrons. The SMILES string of the molecule is CCCNCc1sc(CSCC)nc1C. The molecule has 1 N–H and O–H groups in total. The summed E-state index contributed by atoms with van der Waals surface area (Å²) in [5, 5.41) is 4.70. The number of hydrogen-bond donors (Lipinski definition) is 1. The van der Waals surface area contributed by atoms with E-state index in [0.717, 1.165) is 18.8 Å². The Balaban J connectivity index is 2.45. The molecule has 0 spiro atoms. The first-order valence-corrected chi connectivity index (χ1v) is 7.48. The summed E-state index contributed by atoms with van der Waals surface area (Å²) in [5.41, 5.74) is 1.20. The maximum Gasteiger partial charge on any atom is 0.103 e. The van der Waals surface area contributed by atoms with Crippen molar-refractivity contribution in [2.24, 2.45) is 0 Å². The van der Waals surface area contributed by atoms with Crippen LogP contribution in [0.1, 0.15) is 35.8 Å². The molecule has 0 atom stereocenters. The van der Waals surface area contributed by atoms with Crippen molar-refractivity contribution in [3.8, 4) is 0 Å². The number of rotatable bonds is 7. The molecule has 0 aliphatic carbocycles. The van der Waals surface area contributed by atoms with Gasteiger partial charge in [-0.25, -0.2) is 4.98 Å². The summed E-state index contributed by atoms with van der Waals surface area (Å²) >= 11 is 3.79. The van der Waals surface area contributed by atoms with Gasteiger partial charge in [0.2, 0.25) is 0 Å². The Labute approximate surface area is 101 Å². The molecular formula is C11H20N2S2. The minimum Gasteiger partial charge on any atom is -0.312 e. The summed E-state index contributed by atoms with van der Waals surface area (Å²) in [6, 6.07) is 0. The molecule has 0 fully saturated rings. The molecule has 1 heterocycles. The number of hydrogen-bond acceptors (Lipinski definition) is 4. The summed E-state index contributed by atoms with van der Waals surface area (Å²) in [4.78, 5) is 5.98. The number of thiazole rings is 1. The monoisotopic (exact) mass is 244 g/mol. The van der Waals surface area contributed by atoms with Gasteiger partial charge in [-0.3, -0.25) is 0 Å². The number of thioether (sulfide) groups is 1. The van der Waals surface area contributed by atoms with E-state index in [2.05, 4.69) is 31.1 Å². The van der Waals surface area contributed by atoms with E-state index in [-0.39, 0.29) is 0 Å². The van der Waals surface area contributed by atoms with Crippen molar-refractivity contribution in [1.82, 2.24) is 10.3 Å². The van der Waals surface area contributed by atoms with Crippen LogP contribution in [-0.4, -0.2) is 17.3 Å². The third-order valence-corrected chi connectivity index (χ3v) is 4.30. The van der Waals surface area contributed by atoms with Crippen LogP contribution in [0.3, 0.4) is 0 Å². The van der Waals surface area contributed by atoms with Crippen molar-refractivity contribution in [3.63, 3.8) is 0 Å². The molecule has 4 heteroatoms. The largest absolute Gasteiger partial charge is 0.312 e. The third-order valence-electron chi connectivity index (χ3n) is 2.08. The molecule has 0 amide bonds. The van der Waals surface area contributed by atoms with Crippen molar-refractivity contribution in [3.05, 3.63) is 15.6 Å². The van der Waals surface area contributed by atoms with Crippen molar-refractivity contribution >= 4 is 23.1 Å². The molecule has 0 unspecified atom stereocenters. The topological polar surface area (TPSA) is 24.9 Å². The second-order valence-corrected chi connectivity index (χ2v) is 5.87. The second kappa shape index (κ2) is 7.25. The number of aromatic nitrogens is 1. The molecule has 15 heavy (non-hydrogen) atoms. The molecule has 0 saturated carbocycles. The lowest BCUT2D eigenvalue weighted by Crippen LogP contribution is -2.13. The second-order valence-electron chi connectivity index (χ2n) is 3.43. The Bertz CT molecular complexity index is 284. The lowest BCUT2D eigenvalue weighted by molar-refractivity contribution is 0.678. The standard InChI is InChI=1S/C11H20N2S2/c1-4-6-12-7-10-9(3)13-11(15-10)8-14-5-2/h12H,4-8H2,1-3H3. The Morgan fingerprint density at radius 1 is 1.40 bits per heavy atom. The number of nitrogens with zero attached hydrogens (tertiary/aromatic N) is 1. The summed E-state index contributed by atoms with van der Waals surface area (Å²) in [7, 11) is 0. The van der Waals surface area contributed by atoms with Crippen LogP contribution in [0.25, 0.3) is 0 Å². The zero-order valence-corrected chi connectivity index (χ0v) is 11.4. The highest BCUT2D eigenvalue weighted by Gasteiger charge is 2.06. The van der Waals surface area contributed by atoms with E-state index < -0.39 is 0 Å². The number of aryl methyl sites for hydroxylation is 1. The smallest absolute Gasteiger partial charge is 0.103 e. The first-order valence-electron chi connectivity index (χ1n) is 5.51. The average molecular weight is 244 g/mol. The van der Waals surface area contributed by atoms with Crippen LogP contribution >= 0.6 is 23.1 Å². The highest BCUT2D eigenvalue weighted by Crippen LogP contribution is 2.21. The van der Waals surface area contributed by atoms with Crippen molar-refractivity contribution < 1.29 is 0 Å². The van der Waals surface area contributed by atoms with Crippen LogP contribution < -0.4 is 5.32 Å². The van der Waals surface area contributed by atoms with Gasteiger partial charge in [-0.05, 0) is 25.6 Å². The molecule has 0 saturated heterocycles. The fraction of sp³-hybridized carbons (Fsp3) is 0.727. The molecule has 2 nitrogen and oxygen atoms in total. The highest BCUT2D eigenvalue weighted by molar-refractivity contribution is 7.98. The van der Waals surface area contributed by atoms with Gasteiger partial charge in [-0.1, -0.05) is 13.8 Å². The molecule has 1 aromatic rings. The Morgan fingerprint density at radius 2 is 2.20 bits per heavy atom. The summed E-state index contributed by atoms with van der Waals surface area (Å²) in [5.74, 6) is 2.23. The molecule has 0 aliphatic rings. The van der Waals surface area contributed by atoms with Crippen LogP contribution in [0.5, 0.6) is 0 Å². The highest BCUT2D eigenvalue weighted by atomic mass is 32.2. The van der Waals surface area contributed by atoms with Crippen LogP contribution in [0.4, 0.5) is 0 Å². The maximum atomic E-state index is 4.58. The van der Waals surface area contributed by atoms with Gasteiger partial charge < -0.3 is 5.32 Å². The van der Waals surface area contributed by atoms with Gasteiger partial charge in [0.1, 0.15) is 5.01 Å². The Hall–Kier alpha value is -0.0600. The van der Waals surface area contributed by atoms with E-state index in [1.807, 2.05) is 23.1 Å². The number of nitrogens with one attached hydrogen (secondary N) is 1. The van der Waals surface area contributed by atoms with E-state index in [1.54, 1.807) is 0 Å². The van der Waals surface area contributed by atoms with E-state index >= 15 is 0 Å². The summed E-state index contributed by atoms with van der Waals surface area (Å²) < 4.78 is 0. The minimum absolute atomic E-state index is 0.980. The summed E-state index contributed by atoms with van der Waals surface area (Å²) in [6.45, 7) is 8.56. The molecular weight excluding hydrogens is 224 g/mol. The van der Waals surface area contributed by atoms with Gasteiger partial charge in [-0.2, -0.15) is 11.8 Å². The van der Waals surface area contributed by atoms with Crippen molar-refractivity contribution in [1.29, 1.82) is 0 Å². The van der Waals surface area contributed by atoms with Gasteiger partial charge in [-0.15, -0.1) is 11.3 Å². The van der Waals surface area contributed by atoms with E-state index in [1.165, 1.54) is 27.8 Å². The fourth-order valence-corrected chi connectivity index (χ4v) is 3.05. The van der Waals surface area contributed by atoms with Crippen LogP contribution in [0, 0.1) is 6.92 Å².